The fourth-order valence-electron chi connectivity index (χ4n) is 2.43. The first-order valence-corrected chi connectivity index (χ1v) is 14.3. The highest BCUT2D eigenvalue weighted by molar-refractivity contribution is 9.10. The zero-order valence-corrected chi connectivity index (χ0v) is 18.0. The topological polar surface area (TPSA) is 9.23 Å². The van der Waals surface area contributed by atoms with E-state index < -0.39 is 16.6 Å². The Balaban J connectivity index is 2.53. The number of hydrogen-bond acceptors (Lipinski definition) is 1. The first-order valence-electron chi connectivity index (χ1n) is 6.93. The van der Waals surface area contributed by atoms with Gasteiger partial charge in [0.05, 0.1) is 0 Å². The zero-order valence-electron chi connectivity index (χ0n) is 12.8. The lowest BCUT2D eigenvalue weighted by Gasteiger charge is -2.35. The van der Waals surface area contributed by atoms with Crippen LogP contribution in [0.2, 0.25) is 26.2 Å². The van der Waals surface area contributed by atoms with Crippen molar-refractivity contribution in [2.24, 2.45) is 0 Å². The molecule has 2 aromatic rings. The molecule has 0 aromatic heterocycles. The van der Waals surface area contributed by atoms with Crippen LogP contribution in [0.5, 0.6) is 0 Å². The molecule has 0 saturated carbocycles. The van der Waals surface area contributed by atoms with E-state index in [0.717, 1.165) is 8.95 Å². The third-order valence-electron chi connectivity index (χ3n) is 3.30. The molecule has 0 aliphatic rings. The van der Waals surface area contributed by atoms with Gasteiger partial charge in [-0.1, -0.05) is 56.1 Å². The van der Waals surface area contributed by atoms with Gasteiger partial charge in [0.1, 0.15) is 0 Å². The molecule has 0 N–H and O–H groups in total. The monoisotopic (exact) mass is 442 g/mol. The molecule has 0 atom stereocenters. The van der Waals surface area contributed by atoms with Gasteiger partial charge in [-0.15, -0.1) is 0 Å². The average Bonchev–Trinajstić information content (AvgIpc) is 2.38. The van der Waals surface area contributed by atoms with Crippen molar-refractivity contribution in [2.75, 3.05) is 0 Å². The smallest absolute Gasteiger partial charge is 0.241 e. The number of halogens is 2. The second-order valence-electron chi connectivity index (χ2n) is 6.26. The van der Waals surface area contributed by atoms with Gasteiger partial charge >= 0.3 is 0 Å². The number of benzene rings is 2. The molecule has 0 heterocycles. The first kappa shape index (κ1) is 17.2. The molecule has 2 aromatic carbocycles. The number of hydrogen-bond donors (Lipinski definition) is 0. The Labute approximate surface area is 146 Å². The van der Waals surface area contributed by atoms with Crippen LogP contribution >= 0.6 is 31.9 Å². The van der Waals surface area contributed by atoms with Crippen LogP contribution in [-0.2, 0) is 4.12 Å². The summed E-state index contributed by atoms with van der Waals surface area (Å²) < 4.78 is 8.93. The van der Waals surface area contributed by atoms with Gasteiger partial charge in [-0.05, 0) is 60.8 Å². The van der Waals surface area contributed by atoms with Crippen LogP contribution in [0.3, 0.4) is 0 Å². The molecule has 5 heteroatoms. The molecule has 2 rings (SSSR count). The fraction of sp³-hybridized carbons (Fsp3) is 0.250. The Morgan fingerprint density at radius 2 is 1.00 bits per heavy atom. The summed E-state index contributed by atoms with van der Waals surface area (Å²) in [6.07, 6.45) is 0. The highest BCUT2D eigenvalue weighted by atomic mass is 79.9. The van der Waals surface area contributed by atoms with E-state index in [4.69, 9.17) is 4.12 Å². The lowest BCUT2D eigenvalue weighted by Crippen LogP contribution is -2.62. The molecule has 1 nitrogen and oxygen atoms in total. The van der Waals surface area contributed by atoms with Crippen molar-refractivity contribution < 1.29 is 4.12 Å². The SMILES string of the molecule is C[Si](C)(C)O[Si](C)(c1ccc(Br)cc1)c1ccc(Br)cc1. The molecular formula is C16H20Br2OSi2. The second-order valence-corrected chi connectivity index (χ2v) is 16.4. The van der Waals surface area contributed by atoms with Gasteiger partial charge < -0.3 is 4.12 Å². The van der Waals surface area contributed by atoms with Crippen molar-refractivity contribution in [3.05, 3.63) is 57.5 Å². The van der Waals surface area contributed by atoms with Crippen LogP contribution in [0.15, 0.2) is 57.5 Å². The van der Waals surface area contributed by atoms with Gasteiger partial charge in [0, 0.05) is 8.95 Å². The summed E-state index contributed by atoms with van der Waals surface area (Å²) in [4.78, 5) is 0. The molecule has 112 valence electrons. The summed E-state index contributed by atoms with van der Waals surface area (Å²) in [5.41, 5.74) is 0. The van der Waals surface area contributed by atoms with Crippen LogP contribution in [-0.4, -0.2) is 16.6 Å². The molecule has 21 heavy (non-hydrogen) atoms. The maximum Gasteiger partial charge on any atom is 0.241 e. The predicted octanol–water partition coefficient (Wildman–Crippen LogP) is 4.75. The van der Waals surface area contributed by atoms with Crippen LogP contribution < -0.4 is 10.4 Å². The van der Waals surface area contributed by atoms with Crippen molar-refractivity contribution in [3.8, 4) is 0 Å². The van der Waals surface area contributed by atoms with Crippen LogP contribution in [0, 0.1) is 0 Å². The largest absolute Gasteiger partial charge is 0.449 e. The van der Waals surface area contributed by atoms with Crippen molar-refractivity contribution in [1.82, 2.24) is 0 Å². The Kier molecular flexibility index (Phi) is 5.31. The quantitative estimate of drug-likeness (QED) is 0.619. The fourth-order valence-corrected chi connectivity index (χ4v) is 10.7. The minimum absolute atomic E-state index is 1.10. The molecule has 0 fully saturated rings. The maximum absolute atomic E-state index is 6.72. The summed E-state index contributed by atoms with van der Waals surface area (Å²) in [6.45, 7) is 9.08. The normalized spacial score (nSPS) is 12.5. The van der Waals surface area contributed by atoms with E-state index in [9.17, 15) is 0 Å². The van der Waals surface area contributed by atoms with E-state index in [-0.39, 0.29) is 0 Å². The van der Waals surface area contributed by atoms with Crippen molar-refractivity contribution in [1.29, 1.82) is 0 Å². The van der Waals surface area contributed by atoms with Gasteiger partial charge in [0.25, 0.3) is 0 Å². The summed E-state index contributed by atoms with van der Waals surface area (Å²) >= 11 is 7.03. The van der Waals surface area contributed by atoms with E-state index in [1.807, 2.05) is 0 Å². The van der Waals surface area contributed by atoms with Crippen molar-refractivity contribution >= 4 is 58.9 Å². The molecule has 0 aliphatic heterocycles. The zero-order chi connectivity index (χ0) is 15.7. The molecule has 0 aliphatic carbocycles. The third-order valence-corrected chi connectivity index (χ3v) is 11.3. The number of rotatable bonds is 4. The molecule has 0 saturated heterocycles. The lowest BCUT2D eigenvalue weighted by atomic mass is 10.4. The second kappa shape index (κ2) is 6.50. The van der Waals surface area contributed by atoms with E-state index in [1.54, 1.807) is 0 Å². The lowest BCUT2D eigenvalue weighted by molar-refractivity contribution is 0.573. The van der Waals surface area contributed by atoms with Crippen molar-refractivity contribution in [3.63, 3.8) is 0 Å². The van der Waals surface area contributed by atoms with E-state index in [0.29, 0.717) is 0 Å². The van der Waals surface area contributed by atoms with Gasteiger partial charge in [-0.25, -0.2) is 0 Å². The Bertz CT molecular complexity index is 558. The highest BCUT2D eigenvalue weighted by Crippen LogP contribution is 2.18. The van der Waals surface area contributed by atoms with Gasteiger partial charge in [-0.2, -0.15) is 0 Å². The molecular weight excluding hydrogens is 424 g/mol. The van der Waals surface area contributed by atoms with Gasteiger partial charge in [0.2, 0.25) is 8.32 Å². The third kappa shape index (κ3) is 4.39. The van der Waals surface area contributed by atoms with E-state index in [2.05, 4.69) is 107 Å². The minimum atomic E-state index is -2.16. The van der Waals surface area contributed by atoms with Gasteiger partial charge in [-0.3, -0.25) is 0 Å². The Morgan fingerprint density at radius 1 is 0.667 bits per heavy atom. The van der Waals surface area contributed by atoms with Gasteiger partial charge in [0.15, 0.2) is 8.32 Å². The van der Waals surface area contributed by atoms with E-state index in [1.165, 1.54) is 10.4 Å². The molecule has 0 bridgehead atoms. The van der Waals surface area contributed by atoms with Crippen LogP contribution in [0.4, 0.5) is 0 Å². The molecule has 0 unspecified atom stereocenters. The summed E-state index contributed by atoms with van der Waals surface area (Å²) in [5, 5.41) is 2.63. The van der Waals surface area contributed by atoms with E-state index >= 15 is 0 Å². The van der Waals surface area contributed by atoms with Crippen molar-refractivity contribution in [2.45, 2.75) is 26.2 Å². The summed E-state index contributed by atoms with van der Waals surface area (Å²) in [7, 11) is -3.81. The Hall–Kier alpha value is -0.206. The minimum Gasteiger partial charge on any atom is -0.449 e. The van der Waals surface area contributed by atoms with Crippen LogP contribution in [0.25, 0.3) is 0 Å². The molecule has 0 radical (unpaired) electrons. The molecule has 0 spiro atoms. The summed E-state index contributed by atoms with van der Waals surface area (Å²) in [5.74, 6) is 0. The highest BCUT2D eigenvalue weighted by Gasteiger charge is 2.38. The van der Waals surface area contributed by atoms with Crippen LogP contribution in [0.1, 0.15) is 0 Å². The maximum atomic E-state index is 6.72. The first-order chi connectivity index (χ1) is 9.71. The standard InChI is InChI=1S/C16H20Br2OSi2/c1-20(2,3)19-21(4,15-9-5-13(17)6-10-15)16-11-7-14(18)8-12-16/h5-12H,1-4H3. The summed E-state index contributed by atoms with van der Waals surface area (Å²) in [6, 6.07) is 17.2. The predicted molar refractivity (Wildman–Crippen MR) is 104 cm³/mol. The molecule has 0 amide bonds. The average molecular weight is 444 g/mol. The Morgan fingerprint density at radius 3 is 1.29 bits per heavy atom.